The summed E-state index contributed by atoms with van der Waals surface area (Å²) in [6.45, 7) is 2.20. The SMILES string of the molecule is CCCc1[nH]cc2ccccc12. The summed E-state index contributed by atoms with van der Waals surface area (Å²) in [5.41, 5.74) is 1.37. The Morgan fingerprint density at radius 3 is 2.92 bits per heavy atom. The van der Waals surface area contributed by atoms with Crippen molar-refractivity contribution in [2.75, 3.05) is 0 Å². The zero-order valence-corrected chi connectivity index (χ0v) is 7.30. The van der Waals surface area contributed by atoms with E-state index in [1.807, 2.05) is 0 Å². The van der Waals surface area contributed by atoms with E-state index in [1.165, 1.54) is 22.9 Å². The van der Waals surface area contributed by atoms with Crippen molar-refractivity contribution >= 4 is 10.8 Å². The van der Waals surface area contributed by atoms with Gasteiger partial charge in [0.1, 0.15) is 0 Å². The molecule has 0 aliphatic rings. The van der Waals surface area contributed by atoms with Gasteiger partial charge in [0.15, 0.2) is 0 Å². The van der Waals surface area contributed by atoms with E-state index in [0.717, 1.165) is 6.42 Å². The average Bonchev–Trinajstić information content (AvgIpc) is 2.50. The lowest BCUT2D eigenvalue weighted by Gasteiger charge is -1.94. The first-order chi connectivity index (χ1) is 5.92. The summed E-state index contributed by atoms with van der Waals surface area (Å²) in [6, 6.07) is 8.49. The Bertz CT molecular complexity index is 373. The minimum atomic E-state index is 1.15. The molecule has 0 saturated heterocycles. The quantitative estimate of drug-likeness (QED) is 0.693. The van der Waals surface area contributed by atoms with Gasteiger partial charge in [-0.25, -0.2) is 0 Å². The van der Waals surface area contributed by atoms with Crippen molar-refractivity contribution in [2.45, 2.75) is 19.8 Å². The smallest absolute Gasteiger partial charge is 0.0226 e. The van der Waals surface area contributed by atoms with Gasteiger partial charge in [-0.2, -0.15) is 0 Å². The van der Waals surface area contributed by atoms with E-state index in [9.17, 15) is 0 Å². The zero-order chi connectivity index (χ0) is 8.39. The van der Waals surface area contributed by atoms with Crippen molar-refractivity contribution in [3.63, 3.8) is 0 Å². The molecule has 1 N–H and O–H groups in total. The molecule has 1 nitrogen and oxygen atoms in total. The molecule has 0 spiro atoms. The Morgan fingerprint density at radius 1 is 1.25 bits per heavy atom. The van der Waals surface area contributed by atoms with Crippen molar-refractivity contribution in [1.29, 1.82) is 0 Å². The highest BCUT2D eigenvalue weighted by atomic mass is 14.7. The van der Waals surface area contributed by atoms with Gasteiger partial charge in [0, 0.05) is 17.3 Å². The lowest BCUT2D eigenvalue weighted by Crippen LogP contribution is -1.81. The average molecular weight is 159 g/mol. The van der Waals surface area contributed by atoms with E-state index in [4.69, 9.17) is 0 Å². The van der Waals surface area contributed by atoms with Gasteiger partial charge in [0.05, 0.1) is 0 Å². The minimum absolute atomic E-state index is 1.15. The third kappa shape index (κ3) is 1.11. The molecular formula is C11H13N. The molecule has 1 heteroatoms. The normalized spacial score (nSPS) is 10.8. The summed E-state index contributed by atoms with van der Waals surface area (Å²) in [4.78, 5) is 3.31. The molecule has 0 aliphatic carbocycles. The molecule has 62 valence electrons. The highest BCUT2D eigenvalue weighted by Gasteiger charge is 1.99. The number of H-pyrrole nitrogens is 1. The van der Waals surface area contributed by atoms with Crippen LogP contribution in [0.25, 0.3) is 10.8 Å². The molecule has 1 aromatic carbocycles. The fourth-order valence-electron chi connectivity index (χ4n) is 1.60. The van der Waals surface area contributed by atoms with Crippen LogP contribution in [0.15, 0.2) is 30.5 Å². The summed E-state index contributed by atoms with van der Waals surface area (Å²) in [7, 11) is 0. The van der Waals surface area contributed by atoms with Crippen LogP contribution in [0.5, 0.6) is 0 Å². The van der Waals surface area contributed by atoms with Gasteiger partial charge in [-0.1, -0.05) is 37.6 Å². The highest BCUT2D eigenvalue weighted by molar-refractivity contribution is 5.85. The van der Waals surface area contributed by atoms with E-state index in [2.05, 4.69) is 42.4 Å². The maximum absolute atomic E-state index is 3.31. The van der Waals surface area contributed by atoms with Gasteiger partial charge in [0.25, 0.3) is 0 Å². The third-order valence-electron chi connectivity index (χ3n) is 2.19. The number of rotatable bonds is 2. The van der Waals surface area contributed by atoms with Crippen LogP contribution < -0.4 is 0 Å². The van der Waals surface area contributed by atoms with Crippen LogP contribution in [-0.2, 0) is 6.42 Å². The summed E-state index contributed by atoms with van der Waals surface area (Å²) >= 11 is 0. The number of fused-ring (bicyclic) bond motifs is 1. The number of hydrogen-bond acceptors (Lipinski definition) is 0. The molecule has 1 aromatic heterocycles. The van der Waals surface area contributed by atoms with Crippen molar-refractivity contribution in [1.82, 2.24) is 4.98 Å². The van der Waals surface area contributed by atoms with Crippen molar-refractivity contribution in [3.8, 4) is 0 Å². The van der Waals surface area contributed by atoms with Crippen LogP contribution in [0, 0.1) is 0 Å². The topological polar surface area (TPSA) is 15.8 Å². The number of aromatic nitrogens is 1. The van der Waals surface area contributed by atoms with Crippen LogP contribution in [-0.4, -0.2) is 4.98 Å². The molecule has 0 amide bonds. The third-order valence-corrected chi connectivity index (χ3v) is 2.19. The van der Waals surface area contributed by atoms with E-state index in [-0.39, 0.29) is 0 Å². The molecule has 1 heterocycles. The van der Waals surface area contributed by atoms with Crippen LogP contribution in [0.4, 0.5) is 0 Å². The molecule has 0 radical (unpaired) electrons. The number of hydrogen-bond donors (Lipinski definition) is 1. The predicted octanol–water partition coefficient (Wildman–Crippen LogP) is 3.12. The van der Waals surface area contributed by atoms with Gasteiger partial charge < -0.3 is 4.98 Å². The van der Waals surface area contributed by atoms with Crippen LogP contribution in [0.2, 0.25) is 0 Å². The Kier molecular flexibility index (Phi) is 1.86. The Hall–Kier alpha value is -1.24. The van der Waals surface area contributed by atoms with E-state index in [0.29, 0.717) is 0 Å². The molecule has 12 heavy (non-hydrogen) atoms. The summed E-state index contributed by atoms with van der Waals surface area (Å²) in [5, 5.41) is 2.69. The minimum Gasteiger partial charge on any atom is -0.364 e. The lowest BCUT2D eigenvalue weighted by atomic mass is 10.1. The fraction of sp³-hybridized carbons (Fsp3) is 0.273. The van der Waals surface area contributed by atoms with Gasteiger partial charge >= 0.3 is 0 Å². The first kappa shape index (κ1) is 7.41. The molecule has 0 saturated carbocycles. The number of aryl methyl sites for hydroxylation is 1. The van der Waals surface area contributed by atoms with Gasteiger partial charge in [-0.3, -0.25) is 0 Å². The molecule has 2 aromatic rings. The van der Waals surface area contributed by atoms with Gasteiger partial charge in [0.2, 0.25) is 0 Å². The number of nitrogens with one attached hydrogen (secondary N) is 1. The molecule has 0 aliphatic heterocycles. The van der Waals surface area contributed by atoms with Crippen molar-refractivity contribution < 1.29 is 0 Å². The van der Waals surface area contributed by atoms with Crippen LogP contribution >= 0.6 is 0 Å². The summed E-state index contributed by atoms with van der Waals surface area (Å²) in [5.74, 6) is 0. The van der Waals surface area contributed by atoms with Crippen molar-refractivity contribution in [3.05, 3.63) is 36.2 Å². The van der Waals surface area contributed by atoms with Gasteiger partial charge in [-0.05, 0) is 11.8 Å². The largest absolute Gasteiger partial charge is 0.364 e. The van der Waals surface area contributed by atoms with Crippen molar-refractivity contribution in [2.24, 2.45) is 0 Å². The maximum Gasteiger partial charge on any atom is 0.0226 e. The Labute approximate surface area is 72.4 Å². The first-order valence-corrected chi connectivity index (χ1v) is 4.47. The van der Waals surface area contributed by atoms with E-state index < -0.39 is 0 Å². The van der Waals surface area contributed by atoms with Gasteiger partial charge in [-0.15, -0.1) is 0 Å². The second kappa shape index (κ2) is 3.02. The predicted molar refractivity (Wildman–Crippen MR) is 52.3 cm³/mol. The molecule has 0 fully saturated rings. The Morgan fingerprint density at radius 2 is 2.08 bits per heavy atom. The first-order valence-electron chi connectivity index (χ1n) is 4.47. The Balaban J connectivity index is 2.55. The summed E-state index contributed by atoms with van der Waals surface area (Å²) < 4.78 is 0. The monoisotopic (exact) mass is 159 g/mol. The molecule has 0 bridgehead atoms. The second-order valence-corrected chi connectivity index (χ2v) is 3.10. The zero-order valence-electron chi connectivity index (χ0n) is 7.30. The fourth-order valence-corrected chi connectivity index (χ4v) is 1.60. The van der Waals surface area contributed by atoms with E-state index in [1.54, 1.807) is 0 Å². The molecule has 2 rings (SSSR count). The van der Waals surface area contributed by atoms with E-state index >= 15 is 0 Å². The number of aromatic amines is 1. The highest BCUT2D eigenvalue weighted by Crippen LogP contribution is 2.18. The summed E-state index contributed by atoms with van der Waals surface area (Å²) in [6.07, 6.45) is 4.43. The maximum atomic E-state index is 3.31. The molecule has 0 atom stereocenters. The molecular weight excluding hydrogens is 146 g/mol. The standard InChI is InChI=1S/C11H13N/c1-2-5-11-10-7-4-3-6-9(10)8-12-11/h3-4,6-8,12H,2,5H2,1H3. The van der Waals surface area contributed by atoms with Crippen LogP contribution in [0.3, 0.4) is 0 Å². The molecule has 0 unspecified atom stereocenters. The number of benzene rings is 1. The lowest BCUT2D eigenvalue weighted by molar-refractivity contribution is 0.899. The second-order valence-electron chi connectivity index (χ2n) is 3.10. The van der Waals surface area contributed by atoms with Crippen LogP contribution in [0.1, 0.15) is 19.0 Å².